The van der Waals surface area contributed by atoms with Gasteiger partial charge in [-0.05, 0) is 48.9 Å². The first kappa shape index (κ1) is 19.1. The van der Waals surface area contributed by atoms with Gasteiger partial charge in [0.1, 0.15) is 18.2 Å². The number of pyridine rings is 1. The number of nitriles is 1. The molecule has 4 aromatic rings. The Hall–Kier alpha value is -3.89. The van der Waals surface area contributed by atoms with Crippen LogP contribution in [0.2, 0.25) is 0 Å². The zero-order chi connectivity index (χ0) is 21.4. The summed E-state index contributed by atoms with van der Waals surface area (Å²) in [6.07, 6.45) is 1.87. The van der Waals surface area contributed by atoms with Crippen LogP contribution in [0.25, 0.3) is 22.4 Å². The zero-order valence-electron chi connectivity index (χ0n) is 17.3. The average molecular weight is 411 g/mol. The second-order valence-corrected chi connectivity index (χ2v) is 7.57. The number of para-hydroxylation sites is 1. The normalized spacial score (nSPS) is 15.4. The van der Waals surface area contributed by atoms with Crippen molar-refractivity contribution in [1.82, 2.24) is 15.0 Å². The van der Waals surface area contributed by atoms with Crippen LogP contribution in [0.5, 0.6) is 5.75 Å². The van der Waals surface area contributed by atoms with Crippen LogP contribution >= 0.6 is 0 Å². The van der Waals surface area contributed by atoms with Gasteiger partial charge in [0.2, 0.25) is 0 Å². The van der Waals surface area contributed by atoms with Crippen molar-refractivity contribution in [2.45, 2.75) is 13.0 Å². The lowest BCUT2D eigenvalue weighted by Crippen LogP contribution is -2.43. The molecule has 7 heteroatoms. The molecule has 1 aliphatic rings. The van der Waals surface area contributed by atoms with Crippen LogP contribution in [0, 0.1) is 18.3 Å². The van der Waals surface area contributed by atoms with Crippen molar-refractivity contribution in [2.75, 3.05) is 25.2 Å². The first-order valence-electron chi connectivity index (χ1n) is 10.0. The predicted molar refractivity (Wildman–Crippen MR) is 119 cm³/mol. The van der Waals surface area contributed by atoms with Crippen molar-refractivity contribution in [3.05, 3.63) is 65.9 Å². The van der Waals surface area contributed by atoms with Gasteiger partial charge in [-0.2, -0.15) is 5.26 Å². The Bertz CT molecular complexity index is 1290. The Kier molecular flexibility index (Phi) is 4.77. The summed E-state index contributed by atoms with van der Waals surface area (Å²) in [6.45, 7) is 3.00. The molecule has 5 rings (SSSR count). The van der Waals surface area contributed by atoms with Crippen LogP contribution in [-0.2, 0) is 4.74 Å². The quantitative estimate of drug-likeness (QED) is 0.537. The molecule has 0 saturated carbocycles. The van der Waals surface area contributed by atoms with Crippen molar-refractivity contribution in [1.29, 1.82) is 5.26 Å². The average Bonchev–Trinajstić information content (AvgIpc) is 3.22. The lowest BCUT2D eigenvalue weighted by Gasteiger charge is -2.38. The molecule has 1 atom stereocenters. The van der Waals surface area contributed by atoms with E-state index in [0.29, 0.717) is 24.6 Å². The second-order valence-electron chi connectivity index (χ2n) is 7.57. The van der Waals surface area contributed by atoms with Gasteiger partial charge in [-0.15, -0.1) is 0 Å². The van der Waals surface area contributed by atoms with Gasteiger partial charge in [-0.1, -0.05) is 12.1 Å². The molecule has 0 amide bonds. The Morgan fingerprint density at radius 2 is 2.16 bits per heavy atom. The van der Waals surface area contributed by atoms with E-state index in [1.807, 2.05) is 43.5 Å². The molecule has 0 saturated heterocycles. The number of anilines is 2. The third kappa shape index (κ3) is 3.37. The zero-order valence-corrected chi connectivity index (χ0v) is 17.3. The molecule has 0 radical (unpaired) electrons. The van der Waals surface area contributed by atoms with Gasteiger partial charge in [0, 0.05) is 13.3 Å². The molecule has 1 aliphatic heterocycles. The molecule has 2 aromatic carbocycles. The van der Waals surface area contributed by atoms with Gasteiger partial charge in [0.15, 0.2) is 5.75 Å². The van der Waals surface area contributed by atoms with Crippen molar-refractivity contribution in [3.8, 4) is 23.2 Å². The summed E-state index contributed by atoms with van der Waals surface area (Å²) in [4.78, 5) is 14.9. The maximum Gasteiger partial charge on any atom is 0.154 e. The number of nitrogens with one attached hydrogen (secondary N) is 1. The Morgan fingerprint density at radius 1 is 1.26 bits per heavy atom. The molecule has 0 unspecified atom stereocenters. The number of H-pyrrole nitrogens is 1. The second kappa shape index (κ2) is 7.74. The van der Waals surface area contributed by atoms with Crippen LogP contribution in [0.3, 0.4) is 0 Å². The predicted octanol–water partition coefficient (Wildman–Crippen LogP) is 4.35. The highest BCUT2D eigenvalue weighted by Gasteiger charge is 2.32. The molecular formula is C24H21N5O2. The van der Waals surface area contributed by atoms with E-state index in [1.165, 1.54) is 0 Å². The SMILES string of the molecule is COC[C@H]1COc2c(-c3nc4ccc(C#N)cc4[nH]3)cccc2N1c1ccc(C)cn1. The smallest absolute Gasteiger partial charge is 0.154 e. The highest BCUT2D eigenvalue weighted by molar-refractivity contribution is 5.85. The van der Waals surface area contributed by atoms with Gasteiger partial charge in [0.05, 0.1) is 46.6 Å². The summed E-state index contributed by atoms with van der Waals surface area (Å²) in [5.74, 6) is 2.29. The van der Waals surface area contributed by atoms with Crippen LogP contribution in [0.4, 0.5) is 11.5 Å². The molecule has 1 N–H and O–H groups in total. The summed E-state index contributed by atoms with van der Waals surface area (Å²) in [7, 11) is 1.69. The summed E-state index contributed by atoms with van der Waals surface area (Å²) in [5.41, 5.74) is 5.09. The highest BCUT2D eigenvalue weighted by atomic mass is 16.5. The minimum Gasteiger partial charge on any atom is -0.488 e. The van der Waals surface area contributed by atoms with E-state index >= 15 is 0 Å². The topological polar surface area (TPSA) is 87.1 Å². The number of rotatable bonds is 4. The molecule has 154 valence electrons. The summed E-state index contributed by atoms with van der Waals surface area (Å²) < 4.78 is 11.7. The van der Waals surface area contributed by atoms with Crippen molar-refractivity contribution in [3.63, 3.8) is 0 Å². The fraction of sp³-hybridized carbons (Fsp3) is 0.208. The maximum atomic E-state index is 9.18. The lowest BCUT2D eigenvalue weighted by atomic mass is 10.1. The molecule has 31 heavy (non-hydrogen) atoms. The molecule has 0 aliphatic carbocycles. The van der Waals surface area contributed by atoms with E-state index in [2.05, 4.69) is 27.0 Å². The molecule has 0 spiro atoms. The number of imidazole rings is 1. The van der Waals surface area contributed by atoms with Gasteiger partial charge >= 0.3 is 0 Å². The Labute approximate surface area is 179 Å². The van der Waals surface area contributed by atoms with Crippen molar-refractivity contribution in [2.24, 2.45) is 0 Å². The van der Waals surface area contributed by atoms with Crippen LogP contribution < -0.4 is 9.64 Å². The standard InChI is InChI=1S/C24H21N5O2/c1-15-6-9-22(26-12-15)29-17(13-30-2)14-31-23-18(4-3-5-21(23)29)24-27-19-8-7-16(11-25)10-20(19)28-24/h3-10,12,17H,13-14H2,1-2H3,(H,27,28)/t17-/m0/s1. The fourth-order valence-electron chi connectivity index (χ4n) is 3.94. The molecule has 2 aromatic heterocycles. The molecule has 0 bridgehead atoms. The van der Waals surface area contributed by atoms with Gasteiger partial charge in [0.25, 0.3) is 0 Å². The number of nitrogens with zero attached hydrogens (tertiary/aromatic N) is 4. The number of aromatic amines is 1. The van der Waals surface area contributed by atoms with E-state index in [1.54, 1.807) is 19.2 Å². The van der Waals surface area contributed by atoms with E-state index in [-0.39, 0.29) is 6.04 Å². The van der Waals surface area contributed by atoms with Crippen molar-refractivity contribution >= 4 is 22.5 Å². The number of fused-ring (bicyclic) bond motifs is 2. The number of methoxy groups -OCH3 is 1. The van der Waals surface area contributed by atoms with Crippen LogP contribution in [0.15, 0.2) is 54.7 Å². The minimum atomic E-state index is -0.00295. The van der Waals surface area contributed by atoms with Gasteiger partial charge in [-0.3, -0.25) is 0 Å². The summed E-state index contributed by atoms with van der Waals surface area (Å²) in [6, 6.07) is 17.7. The maximum absolute atomic E-state index is 9.18. The fourth-order valence-corrected chi connectivity index (χ4v) is 3.94. The van der Waals surface area contributed by atoms with Crippen molar-refractivity contribution < 1.29 is 9.47 Å². The number of aryl methyl sites for hydroxylation is 1. The van der Waals surface area contributed by atoms with E-state index in [0.717, 1.165) is 39.4 Å². The van der Waals surface area contributed by atoms with E-state index in [9.17, 15) is 5.26 Å². The van der Waals surface area contributed by atoms with Gasteiger partial charge < -0.3 is 19.4 Å². The van der Waals surface area contributed by atoms with Gasteiger partial charge in [-0.25, -0.2) is 9.97 Å². The van der Waals surface area contributed by atoms with Crippen LogP contribution in [0.1, 0.15) is 11.1 Å². The Balaban J connectivity index is 1.63. The number of aromatic nitrogens is 3. The number of hydrogen-bond acceptors (Lipinski definition) is 6. The molecule has 0 fully saturated rings. The number of benzene rings is 2. The van der Waals surface area contributed by atoms with E-state index in [4.69, 9.17) is 14.5 Å². The van der Waals surface area contributed by atoms with E-state index < -0.39 is 0 Å². The monoisotopic (exact) mass is 411 g/mol. The Morgan fingerprint density at radius 3 is 2.94 bits per heavy atom. The third-order valence-electron chi connectivity index (χ3n) is 5.41. The first-order valence-corrected chi connectivity index (χ1v) is 10.0. The summed E-state index contributed by atoms with van der Waals surface area (Å²) >= 11 is 0. The molecule has 7 nitrogen and oxygen atoms in total. The summed E-state index contributed by atoms with van der Waals surface area (Å²) in [5, 5.41) is 9.18. The number of ether oxygens (including phenoxy) is 2. The van der Waals surface area contributed by atoms with Crippen LogP contribution in [-0.4, -0.2) is 41.3 Å². The first-order chi connectivity index (χ1) is 15.2. The highest BCUT2D eigenvalue weighted by Crippen LogP contribution is 2.44. The number of hydrogen-bond donors (Lipinski definition) is 1. The largest absolute Gasteiger partial charge is 0.488 e. The molecule has 3 heterocycles. The minimum absolute atomic E-state index is 0.00295. The molecular weight excluding hydrogens is 390 g/mol. The third-order valence-corrected chi connectivity index (χ3v) is 5.41. The lowest BCUT2D eigenvalue weighted by molar-refractivity contribution is 0.146.